The zero-order valence-electron chi connectivity index (χ0n) is 6.21. The lowest BCUT2D eigenvalue weighted by molar-refractivity contribution is 0.185. The molecule has 0 spiro atoms. The lowest BCUT2D eigenvalue weighted by Crippen LogP contribution is -2.38. The van der Waals surface area contributed by atoms with Crippen LogP contribution in [0, 0.1) is 0 Å². The van der Waals surface area contributed by atoms with Crippen LogP contribution < -0.4 is 5.73 Å². The average Bonchev–Trinajstić information content (AvgIpc) is 1.87. The second-order valence-electron chi connectivity index (χ2n) is 2.05. The van der Waals surface area contributed by atoms with E-state index < -0.39 is 6.03 Å². The van der Waals surface area contributed by atoms with Crippen LogP contribution in [0.15, 0.2) is 0 Å². The number of nitrogens with zero attached hydrogens (tertiary/aromatic N) is 1. The van der Waals surface area contributed by atoms with Gasteiger partial charge in [0.2, 0.25) is 0 Å². The maximum atomic E-state index is 10.5. The predicted molar refractivity (Wildman–Crippen MR) is 38.5 cm³/mol. The molecule has 0 rings (SSSR count). The minimum Gasteiger partial charge on any atom is -0.395 e. The van der Waals surface area contributed by atoms with Crippen LogP contribution in [0.25, 0.3) is 0 Å². The van der Waals surface area contributed by atoms with Gasteiger partial charge in [-0.1, -0.05) is 6.92 Å². The lowest BCUT2D eigenvalue weighted by atomic mass is 10.4. The van der Waals surface area contributed by atoms with E-state index in [2.05, 4.69) is 0 Å². The standard InChI is InChI=1S/C6H14N2O2/c1-2-3-8(4-5-9)6(7)10/h9H,2-5H2,1H3,(H2,7,10). The fraction of sp³-hybridized carbons (Fsp3) is 0.833. The van der Waals surface area contributed by atoms with Gasteiger partial charge in [-0.15, -0.1) is 0 Å². The van der Waals surface area contributed by atoms with Crippen molar-refractivity contribution >= 4 is 6.03 Å². The summed E-state index contributed by atoms with van der Waals surface area (Å²) in [4.78, 5) is 11.9. The van der Waals surface area contributed by atoms with Crippen molar-refractivity contribution in [3.8, 4) is 0 Å². The van der Waals surface area contributed by atoms with Gasteiger partial charge >= 0.3 is 6.03 Å². The first-order valence-corrected chi connectivity index (χ1v) is 3.37. The molecule has 0 aromatic carbocycles. The minimum atomic E-state index is -0.462. The zero-order chi connectivity index (χ0) is 7.98. The Morgan fingerprint density at radius 2 is 2.20 bits per heavy atom. The van der Waals surface area contributed by atoms with Gasteiger partial charge in [-0.3, -0.25) is 0 Å². The van der Waals surface area contributed by atoms with Gasteiger partial charge in [0.05, 0.1) is 6.61 Å². The number of nitrogens with two attached hydrogens (primary N) is 1. The minimum absolute atomic E-state index is 0.0249. The Kier molecular flexibility index (Phi) is 4.66. The van der Waals surface area contributed by atoms with E-state index in [1.807, 2.05) is 6.92 Å². The molecular weight excluding hydrogens is 132 g/mol. The van der Waals surface area contributed by atoms with Crippen molar-refractivity contribution in [3.05, 3.63) is 0 Å². The summed E-state index contributed by atoms with van der Waals surface area (Å²) in [5.41, 5.74) is 4.98. The van der Waals surface area contributed by atoms with Gasteiger partial charge in [-0.2, -0.15) is 0 Å². The Bertz CT molecular complexity index is 99.9. The van der Waals surface area contributed by atoms with Gasteiger partial charge in [0.1, 0.15) is 0 Å². The first-order chi connectivity index (χ1) is 4.72. The van der Waals surface area contributed by atoms with E-state index in [-0.39, 0.29) is 6.61 Å². The topological polar surface area (TPSA) is 66.6 Å². The van der Waals surface area contributed by atoms with E-state index in [0.717, 1.165) is 6.42 Å². The highest BCUT2D eigenvalue weighted by Crippen LogP contribution is 1.88. The summed E-state index contributed by atoms with van der Waals surface area (Å²) < 4.78 is 0. The van der Waals surface area contributed by atoms with Crippen molar-refractivity contribution in [3.63, 3.8) is 0 Å². The van der Waals surface area contributed by atoms with E-state index in [9.17, 15) is 4.79 Å². The van der Waals surface area contributed by atoms with Crippen molar-refractivity contribution in [2.75, 3.05) is 19.7 Å². The number of aliphatic hydroxyl groups excluding tert-OH is 1. The molecule has 0 fully saturated rings. The van der Waals surface area contributed by atoms with Crippen LogP contribution in [0.5, 0.6) is 0 Å². The Labute approximate surface area is 60.6 Å². The molecule has 0 heterocycles. The fourth-order valence-electron chi connectivity index (χ4n) is 0.723. The molecule has 0 aliphatic carbocycles. The molecule has 0 radical (unpaired) electrons. The van der Waals surface area contributed by atoms with E-state index in [0.29, 0.717) is 13.1 Å². The van der Waals surface area contributed by atoms with E-state index >= 15 is 0 Å². The number of carbonyl (C=O) groups excluding carboxylic acids is 1. The van der Waals surface area contributed by atoms with Crippen LogP contribution in [-0.2, 0) is 0 Å². The van der Waals surface area contributed by atoms with Crippen molar-refractivity contribution in [2.24, 2.45) is 5.73 Å². The average molecular weight is 146 g/mol. The van der Waals surface area contributed by atoms with Gasteiger partial charge < -0.3 is 15.7 Å². The van der Waals surface area contributed by atoms with Crippen molar-refractivity contribution in [2.45, 2.75) is 13.3 Å². The summed E-state index contributed by atoms with van der Waals surface area (Å²) in [7, 11) is 0. The summed E-state index contributed by atoms with van der Waals surface area (Å²) in [5.74, 6) is 0. The Hall–Kier alpha value is -0.770. The molecule has 60 valence electrons. The highest BCUT2D eigenvalue weighted by Gasteiger charge is 2.05. The quantitative estimate of drug-likeness (QED) is 0.575. The molecule has 3 N–H and O–H groups in total. The number of hydrogen-bond acceptors (Lipinski definition) is 2. The van der Waals surface area contributed by atoms with Crippen LogP contribution in [0.2, 0.25) is 0 Å². The first kappa shape index (κ1) is 9.23. The smallest absolute Gasteiger partial charge is 0.314 e. The van der Waals surface area contributed by atoms with E-state index in [4.69, 9.17) is 10.8 Å². The largest absolute Gasteiger partial charge is 0.395 e. The summed E-state index contributed by atoms with van der Waals surface area (Å²) in [6.45, 7) is 2.88. The molecule has 2 amide bonds. The lowest BCUT2D eigenvalue weighted by Gasteiger charge is -2.17. The highest BCUT2D eigenvalue weighted by atomic mass is 16.3. The monoisotopic (exact) mass is 146 g/mol. The molecule has 10 heavy (non-hydrogen) atoms. The molecule has 0 saturated heterocycles. The molecular formula is C6H14N2O2. The van der Waals surface area contributed by atoms with Gasteiger partial charge in [-0.25, -0.2) is 4.79 Å². The van der Waals surface area contributed by atoms with Crippen LogP contribution in [0.3, 0.4) is 0 Å². The predicted octanol–water partition coefficient (Wildman–Crippen LogP) is -0.231. The third-order valence-electron chi connectivity index (χ3n) is 1.18. The highest BCUT2D eigenvalue weighted by molar-refractivity contribution is 5.71. The third kappa shape index (κ3) is 3.29. The van der Waals surface area contributed by atoms with Gasteiger partial charge in [-0.05, 0) is 6.42 Å². The third-order valence-corrected chi connectivity index (χ3v) is 1.18. The number of rotatable bonds is 4. The van der Waals surface area contributed by atoms with E-state index in [1.165, 1.54) is 4.90 Å². The second-order valence-corrected chi connectivity index (χ2v) is 2.05. The van der Waals surface area contributed by atoms with Gasteiger partial charge in [0, 0.05) is 13.1 Å². The Morgan fingerprint density at radius 1 is 1.60 bits per heavy atom. The molecule has 0 bridgehead atoms. The fourth-order valence-corrected chi connectivity index (χ4v) is 0.723. The van der Waals surface area contributed by atoms with Crippen molar-refractivity contribution < 1.29 is 9.90 Å². The van der Waals surface area contributed by atoms with Crippen molar-refractivity contribution in [1.29, 1.82) is 0 Å². The molecule has 0 aliphatic heterocycles. The summed E-state index contributed by atoms with van der Waals surface area (Å²) in [5, 5.41) is 8.46. The van der Waals surface area contributed by atoms with E-state index in [1.54, 1.807) is 0 Å². The number of urea groups is 1. The van der Waals surface area contributed by atoms with Crippen LogP contribution in [0.4, 0.5) is 4.79 Å². The number of amides is 2. The number of carbonyl (C=O) groups is 1. The van der Waals surface area contributed by atoms with Gasteiger partial charge in [0.25, 0.3) is 0 Å². The molecule has 4 heteroatoms. The number of aliphatic hydroxyl groups is 1. The molecule has 0 atom stereocenters. The summed E-state index contributed by atoms with van der Waals surface area (Å²) in [6, 6.07) is -0.462. The number of primary amides is 1. The van der Waals surface area contributed by atoms with Crippen molar-refractivity contribution in [1.82, 2.24) is 4.90 Å². The second kappa shape index (κ2) is 5.05. The van der Waals surface area contributed by atoms with Gasteiger partial charge in [0.15, 0.2) is 0 Å². The SMILES string of the molecule is CCCN(CCO)C(N)=O. The van der Waals surface area contributed by atoms with Crippen LogP contribution >= 0.6 is 0 Å². The molecule has 0 aliphatic rings. The summed E-state index contributed by atoms with van der Waals surface area (Å²) >= 11 is 0. The maximum absolute atomic E-state index is 10.5. The Balaban J connectivity index is 3.61. The van der Waals surface area contributed by atoms with Crippen LogP contribution in [0.1, 0.15) is 13.3 Å². The summed E-state index contributed by atoms with van der Waals surface area (Å²) in [6.07, 6.45) is 0.864. The van der Waals surface area contributed by atoms with Crippen LogP contribution in [-0.4, -0.2) is 35.7 Å². The molecule has 0 aromatic rings. The first-order valence-electron chi connectivity index (χ1n) is 3.37. The molecule has 0 saturated carbocycles. The molecule has 4 nitrogen and oxygen atoms in total. The Morgan fingerprint density at radius 3 is 2.50 bits per heavy atom. The normalized spacial score (nSPS) is 9.40. The zero-order valence-corrected chi connectivity index (χ0v) is 6.21. The molecule has 0 unspecified atom stereocenters. The molecule has 0 aromatic heterocycles. The maximum Gasteiger partial charge on any atom is 0.314 e. The number of hydrogen-bond donors (Lipinski definition) is 2.